The summed E-state index contributed by atoms with van der Waals surface area (Å²) in [7, 11) is 0. The van der Waals surface area contributed by atoms with Crippen molar-refractivity contribution < 1.29 is 9.59 Å². The van der Waals surface area contributed by atoms with Crippen LogP contribution in [0.25, 0.3) is 5.69 Å². The summed E-state index contributed by atoms with van der Waals surface area (Å²) >= 11 is 0. The van der Waals surface area contributed by atoms with Crippen LogP contribution in [-0.4, -0.2) is 34.7 Å². The van der Waals surface area contributed by atoms with Crippen molar-refractivity contribution in [3.8, 4) is 11.8 Å². The summed E-state index contributed by atoms with van der Waals surface area (Å²) < 4.78 is 1.55. The Balaban J connectivity index is 1.91. The Morgan fingerprint density at radius 2 is 1.96 bits per heavy atom. The van der Waals surface area contributed by atoms with Crippen LogP contribution in [0.5, 0.6) is 0 Å². The quantitative estimate of drug-likeness (QED) is 0.607. The Morgan fingerprint density at radius 3 is 2.62 bits per heavy atom. The fourth-order valence-electron chi connectivity index (χ4n) is 2.39. The molecule has 26 heavy (non-hydrogen) atoms. The van der Waals surface area contributed by atoms with Crippen molar-refractivity contribution in [2.75, 3.05) is 18.8 Å². The number of nitrogens with one attached hydrogen (secondary N) is 2. The minimum absolute atomic E-state index is 0.0360. The number of hydrogen-bond donors (Lipinski definition) is 3. The van der Waals surface area contributed by atoms with E-state index in [2.05, 4.69) is 21.8 Å². The number of aromatic nitrogens is 2. The maximum Gasteiger partial charge on any atom is 0.239 e. The maximum absolute atomic E-state index is 11.6. The van der Waals surface area contributed by atoms with E-state index < -0.39 is 0 Å². The molecular formula is C18H22N6O2. The minimum atomic E-state index is -0.248. The molecule has 0 bridgehead atoms. The summed E-state index contributed by atoms with van der Waals surface area (Å²) in [5, 5.41) is 19.0. The third-order valence-electron chi connectivity index (χ3n) is 3.79. The molecule has 1 aromatic heterocycles. The lowest BCUT2D eigenvalue weighted by Crippen LogP contribution is -2.37. The van der Waals surface area contributed by atoms with Crippen molar-refractivity contribution in [2.45, 2.75) is 26.2 Å². The van der Waals surface area contributed by atoms with E-state index in [1.807, 2.05) is 30.3 Å². The van der Waals surface area contributed by atoms with Gasteiger partial charge in [-0.2, -0.15) is 10.4 Å². The van der Waals surface area contributed by atoms with Gasteiger partial charge in [-0.25, -0.2) is 4.68 Å². The molecule has 0 saturated heterocycles. The Bertz CT molecular complexity index is 807. The number of nitrogen functional groups attached to an aromatic ring is 1. The van der Waals surface area contributed by atoms with Gasteiger partial charge in [0.1, 0.15) is 17.5 Å². The summed E-state index contributed by atoms with van der Waals surface area (Å²) in [6, 6.07) is 11.5. The van der Waals surface area contributed by atoms with E-state index in [1.54, 1.807) is 11.6 Å². The molecule has 0 fully saturated rings. The number of nitrogens with zero attached hydrogens (tertiary/aromatic N) is 3. The summed E-state index contributed by atoms with van der Waals surface area (Å²) in [5.74, 6) is -0.109. The van der Waals surface area contributed by atoms with Crippen LogP contribution in [0.2, 0.25) is 0 Å². The highest BCUT2D eigenvalue weighted by Crippen LogP contribution is 2.21. The van der Waals surface area contributed by atoms with Crippen LogP contribution in [0, 0.1) is 11.3 Å². The molecule has 4 N–H and O–H groups in total. The number of hydrogen-bond acceptors (Lipinski definition) is 5. The standard InChI is InChI=1S/C18H22N6O2/c1-2-16(25)22-12-17(26)21-10-6-9-15-14(11-19)18(20)24(23-15)13-7-4-3-5-8-13/h3-5,7-8H,2,6,9-10,12,20H2,1H3,(H,21,26)(H,22,25). The van der Waals surface area contributed by atoms with Gasteiger partial charge in [0.05, 0.1) is 17.9 Å². The van der Waals surface area contributed by atoms with Crippen LogP contribution in [0.3, 0.4) is 0 Å². The number of nitriles is 1. The third kappa shape index (κ3) is 4.83. The van der Waals surface area contributed by atoms with E-state index in [0.717, 1.165) is 5.69 Å². The number of carbonyl (C=O) groups is 2. The predicted octanol–water partition coefficient (Wildman–Crippen LogP) is 0.901. The van der Waals surface area contributed by atoms with Crippen molar-refractivity contribution in [2.24, 2.45) is 0 Å². The molecule has 8 nitrogen and oxygen atoms in total. The SMILES string of the molecule is CCC(=O)NCC(=O)NCCCc1nn(-c2ccccc2)c(N)c1C#N. The lowest BCUT2D eigenvalue weighted by atomic mass is 10.1. The van der Waals surface area contributed by atoms with Gasteiger partial charge in [-0.15, -0.1) is 0 Å². The predicted molar refractivity (Wildman–Crippen MR) is 97.3 cm³/mol. The molecule has 2 aromatic rings. The van der Waals surface area contributed by atoms with Gasteiger partial charge in [-0.05, 0) is 25.0 Å². The summed E-state index contributed by atoms with van der Waals surface area (Å²) in [6.45, 7) is 2.11. The first-order valence-electron chi connectivity index (χ1n) is 8.43. The van der Waals surface area contributed by atoms with E-state index in [9.17, 15) is 14.9 Å². The van der Waals surface area contributed by atoms with E-state index in [-0.39, 0.29) is 18.4 Å². The van der Waals surface area contributed by atoms with Gasteiger partial charge in [-0.3, -0.25) is 9.59 Å². The van der Waals surface area contributed by atoms with Crippen molar-refractivity contribution in [3.05, 3.63) is 41.6 Å². The summed E-state index contributed by atoms with van der Waals surface area (Å²) in [4.78, 5) is 22.7. The fourth-order valence-corrected chi connectivity index (χ4v) is 2.39. The normalized spacial score (nSPS) is 10.2. The van der Waals surface area contributed by atoms with Gasteiger partial charge >= 0.3 is 0 Å². The lowest BCUT2D eigenvalue weighted by Gasteiger charge is -2.05. The lowest BCUT2D eigenvalue weighted by molar-refractivity contribution is -0.125. The highest BCUT2D eigenvalue weighted by molar-refractivity contribution is 5.84. The number of benzene rings is 1. The number of carbonyl (C=O) groups excluding carboxylic acids is 2. The number of rotatable bonds is 8. The van der Waals surface area contributed by atoms with Gasteiger partial charge in [-0.1, -0.05) is 25.1 Å². The Labute approximate surface area is 152 Å². The zero-order valence-corrected chi connectivity index (χ0v) is 14.7. The molecule has 0 aliphatic heterocycles. The number of para-hydroxylation sites is 1. The maximum atomic E-state index is 11.6. The van der Waals surface area contributed by atoms with Crippen LogP contribution >= 0.6 is 0 Å². The highest BCUT2D eigenvalue weighted by atomic mass is 16.2. The Kier molecular flexibility index (Phi) is 6.74. The second-order valence-electron chi connectivity index (χ2n) is 5.65. The van der Waals surface area contributed by atoms with Crippen molar-refractivity contribution >= 4 is 17.6 Å². The minimum Gasteiger partial charge on any atom is -0.382 e. The molecule has 2 amide bonds. The van der Waals surface area contributed by atoms with E-state index >= 15 is 0 Å². The number of aryl methyl sites for hydroxylation is 1. The van der Waals surface area contributed by atoms with Gasteiger partial charge in [0.25, 0.3) is 0 Å². The first-order valence-corrected chi connectivity index (χ1v) is 8.43. The number of amides is 2. The molecule has 1 heterocycles. The molecular weight excluding hydrogens is 332 g/mol. The van der Waals surface area contributed by atoms with Gasteiger partial charge < -0.3 is 16.4 Å². The van der Waals surface area contributed by atoms with Gasteiger partial charge in [0, 0.05) is 13.0 Å². The molecule has 0 spiro atoms. The van der Waals surface area contributed by atoms with E-state index in [0.29, 0.717) is 42.9 Å². The van der Waals surface area contributed by atoms with Crippen LogP contribution in [0.4, 0.5) is 5.82 Å². The van der Waals surface area contributed by atoms with Crippen molar-refractivity contribution in [1.82, 2.24) is 20.4 Å². The Morgan fingerprint density at radius 1 is 1.23 bits per heavy atom. The molecule has 0 saturated carbocycles. The first kappa shape index (κ1) is 19.0. The fraction of sp³-hybridized carbons (Fsp3) is 0.333. The molecule has 8 heteroatoms. The van der Waals surface area contributed by atoms with Gasteiger partial charge in [0.15, 0.2) is 0 Å². The zero-order chi connectivity index (χ0) is 18.9. The Hall–Kier alpha value is -3.34. The summed E-state index contributed by atoms with van der Waals surface area (Å²) in [5.41, 5.74) is 7.79. The van der Waals surface area contributed by atoms with Crippen LogP contribution in [-0.2, 0) is 16.0 Å². The van der Waals surface area contributed by atoms with E-state index in [4.69, 9.17) is 5.73 Å². The molecule has 1 aromatic carbocycles. The molecule has 0 atom stereocenters. The molecule has 0 aliphatic carbocycles. The van der Waals surface area contributed by atoms with Crippen LogP contribution in [0.1, 0.15) is 31.0 Å². The molecule has 2 rings (SSSR count). The summed E-state index contributed by atoms with van der Waals surface area (Å²) in [6.07, 6.45) is 1.46. The number of nitrogens with two attached hydrogens (primary N) is 1. The van der Waals surface area contributed by atoms with Crippen molar-refractivity contribution in [3.63, 3.8) is 0 Å². The monoisotopic (exact) mass is 354 g/mol. The molecule has 0 radical (unpaired) electrons. The molecule has 136 valence electrons. The first-order chi connectivity index (χ1) is 12.6. The van der Waals surface area contributed by atoms with Gasteiger partial charge in [0.2, 0.25) is 11.8 Å². The zero-order valence-electron chi connectivity index (χ0n) is 14.7. The topological polar surface area (TPSA) is 126 Å². The van der Waals surface area contributed by atoms with E-state index in [1.165, 1.54) is 0 Å². The average Bonchev–Trinajstić information content (AvgIpc) is 2.99. The van der Waals surface area contributed by atoms with Crippen LogP contribution < -0.4 is 16.4 Å². The third-order valence-corrected chi connectivity index (χ3v) is 3.79. The molecule has 0 aliphatic rings. The van der Waals surface area contributed by atoms with Crippen molar-refractivity contribution in [1.29, 1.82) is 5.26 Å². The molecule has 0 unspecified atom stereocenters. The van der Waals surface area contributed by atoms with Crippen LogP contribution in [0.15, 0.2) is 30.3 Å². The largest absolute Gasteiger partial charge is 0.382 e. The number of anilines is 1. The smallest absolute Gasteiger partial charge is 0.239 e. The second kappa shape index (κ2) is 9.22. The average molecular weight is 354 g/mol. The second-order valence-corrected chi connectivity index (χ2v) is 5.65. The highest BCUT2D eigenvalue weighted by Gasteiger charge is 2.16.